The van der Waals surface area contributed by atoms with Gasteiger partial charge in [-0.3, -0.25) is 14.3 Å². The highest BCUT2D eigenvalue weighted by molar-refractivity contribution is 7.50. The smallest absolute Gasteiger partial charge is 0.382 e. The summed E-state index contributed by atoms with van der Waals surface area (Å²) in [4.78, 5) is 35.1. The molecule has 24 heavy (non-hydrogen) atoms. The molecule has 12 heteroatoms. The van der Waals surface area contributed by atoms with Crippen LogP contribution in [0.25, 0.3) is 0 Å². The maximum Gasteiger partial charge on any atom is 0.403 e. The summed E-state index contributed by atoms with van der Waals surface area (Å²) in [5, 5.41) is 2.49. The Labute approximate surface area is 136 Å². The van der Waals surface area contributed by atoms with Gasteiger partial charge in [-0.2, -0.15) is 0 Å². The zero-order valence-electron chi connectivity index (χ0n) is 13.0. The van der Waals surface area contributed by atoms with Gasteiger partial charge in [0.25, 0.3) is 5.56 Å². The summed E-state index contributed by atoms with van der Waals surface area (Å²) >= 11 is 0. The lowest BCUT2D eigenvalue weighted by atomic mass is 9.98. The standard InChI is InChI=1S/C12H18N3O8P/c1-20-5-12-6-22-8(9(12)14-24(18,19)21-2)10(23-12)15-4-3-7(16)13-11(15)17/h3-4,8-10H,5-6H2,1-2H3,(H,13,16,17)(H2,14,18,19)/t8-,9+,10?,12?/m0/s1. The number of nitrogens with one attached hydrogen (secondary N) is 2. The molecule has 0 radical (unpaired) electrons. The van der Waals surface area contributed by atoms with Crippen molar-refractivity contribution in [3.63, 3.8) is 0 Å². The molecule has 2 aliphatic heterocycles. The molecule has 5 atom stereocenters. The van der Waals surface area contributed by atoms with Crippen LogP contribution < -0.4 is 16.3 Å². The lowest BCUT2D eigenvalue weighted by Crippen LogP contribution is -2.50. The minimum absolute atomic E-state index is 0.0689. The van der Waals surface area contributed by atoms with E-state index in [9.17, 15) is 19.0 Å². The summed E-state index contributed by atoms with van der Waals surface area (Å²) in [5.41, 5.74) is -2.29. The van der Waals surface area contributed by atoms with E-state index in [1.54, 1.807) is 0 Å². The predicted molar refractivity (Wildman–Crippen MR) is 79.5 cm³/mol. The number of ether oxygens (including phenoxy) is 3. The molecular weight excluding hydrogens is 345 g/mol. The Bertz CT molecular complexity index is 778. The Kier molecular flexibility index (Phi) is 4.51. The minimum atomic E-state index is -4.07. The highest BCUT2D eigenvalue weighted by Gasteiger charge is 2.63. The molecule has 3 unspecified atom stereocenters. The van der Waals surface area contributed by atoms with Gasteiger partial charge in [-0.1, -0.05) is 0 Å². The second kappa shape index (κ2) is 6.19. The first-order valence-electron chi connectivity index (χ1n) is 7.08. The van der Waals surface area contributed by atoms with E-state index in [-0.39, 0.29) is 13.2 Å². The van der Waals surface area contributed by atoms with Gasteiger partial charge < -0.3 is 23.6 Å². The van der Waals surface area contributed by atoms with E-state index in [1.165, 1.54) is 19.4 Å². The molecule has 2 aliphatic rings. The number of aromatic nitrogens is 2. The molecule has 1 aromatic rings. The van der Waals surface area contributed by atoms with Crippen molar-refractivity contribution in [2.45, 2.75) is 24.0 Å². The third-order valence-corrected chi connectivity index (χ3v) is 5.22. The SMILES string of the molecule is COCC12CO[C@H](C(n3ccc(=O)[nH]c3=O)O1)[C@H]2NP(=O)(O)OC. The molecule has 0 spiro atoms. The van der Waals surface area contributed by atoms with E-state index in [4.69, 9.17) is 14.2 Å². The van der Waals surface area contributed by atoms with Crippen molar-refractivity contribution in [1.29, 1.82) is 0 Å². The van der Waals surface area contributed by atoms with Crippen molar-refractivity contribution in [2.75, 3.05) is 27.4 Å². The monoisotopic (exact) mass is 363 g/mol. The second-order valence-electron chi connectivity index (χ2n) is 5.61. The number of hydrogen-bond acceptors (Lipinski definition) is 7. The summed E-state index contributed by atoms with van der Waals surface area (Å²) in [5.74, 6) is 0. The molecule has 0 amide bonds. The summed E-state index contributed by atoms with van der Waals surface area (Å²) in [6.45, 7) is 0.182. The van der Waals surface area contributed by atoms with Crippen LogP contribution in [-0.2, 0) is 23.3 Å². The van der Waals surface area contributed by atoms with Crippen LogP contribution in [0.1, 0.15) is 6.23 Å². The van der Waals surface area contributed by atoms with Crippen LogP contribution in [0.2, 0.25) is 0 Å². The molecule has 3 N–H and O–H groups in total. The van der Waals surface area contributed by atoms with Crippen LogP contribution in [0, 0.1) is 0 Å². The topological polar surface area (TPSA) is 141 Å². The van der Waals surface area contributed by atoms with Gasteiger partial charge in [-0.15, -0.1) is 0 Å². The number of nitrogens with zero attached hydrogens (tertiary/aromatic N) is 1. The summed E-state index contributed by atoms with van der Waals surface area (Å²) in [7, 11) is -1.52. The molecule has 3 heterocycles. The van der Waals surface area contributed by atoms with Crippen LogP contribution in [0.4, 0.5) is 0 Å². The van der Waals surface area contributed by atoms with Crippen molar-refractivity contribution >= 4 is 7.75 Å². The Morgan fingerprint density at radius 3 is 2.92 bits per heavy atom. The molecule has 2 saturated heterocycles. The number of H-pyrrole nitrogens is 1. The normalized spacial score (nSPS) is 34.4. The number of hydrogen-bond donors (Lipinski definition) is 3. The van der Waals surface area contributed by atoms with Gasteiger partial charge >= 0.3 is 13.4 Å². The third kappa shape index (κ3) is 2.88. The fourth-order valence-corrected chi connectivity index (χ4v) is 3.90. The van der Waals surface area contributed by atoms with Gasteiger partial charge in [0.2, 0.25) is 0 Å². The van der Waals surface area contributed by atoms with E-state index >= 15 is 0 Å². The number of methoxy groups -OCH3 is 1. The zero-order valence-corrected chi connectivity index (χ0v) is 13.9. The predicted octanol–water partition coefficient (Wildman–Crippen LogP) is -1.45. The maximum atomic E-state index is 12.0. The molecule has 11 nitrogen and oxygen atoms in total. The first-order valence-corrected chi connectivity index (χ1v) is 8.66. The highest BCUT2D eigenvalue weighted by Crippen LogP contribution is 2.49. The van der Waals surface area contributed by atoms with E-state index < -0.39 is 43.0 Å². The van der Waals surface area contributed by atoms with Gasteiger partial charge in [0.1, 0.15) is 11.7 Å². The van der Waals surface area contributed by atoms with Gasteiger partial charge in [0.15, 0.2) is 6.23 Å². The van der Waals surface area contributed by atoms with Crippen LogP contribution in [0.3, 0.4) is 0 Å². The number of aromatic amines is 1. The van der Waals surface area contributed by atoms with Crippen molar-refractivity contribution in [3.8, 4) is 0 Å². The van der Waals surface area contributed by atoms with Crippen LogP contribution in [0.15, 0.2) is 21.9 Å². The molecule has 0 aliphatic carbocycles. The minimum Gasteiger partial charge on any atom is -0.382 e. The third-order valence-electron chi connectivity index (χ3n) is 4.12. The molecule has 134 valence electrons. The molecule has 0 aromatic carbocycles. The average Bonchev–Trinajstić information content (AvgIpc) is 2.98. The summed E-state index contributed by atoms with van der Waals surface area (Å²) < 4.78 is 34.4. The number of fused-ring (bicyclic) bond motifs is 2. The van der Waals surface area contributed by atoms with Crippen LogP contribution >= 0.6 is 7.75 Å². The molecular formula is C12H18N3O8P. The first kappa shape index (κ1) is 17.5. The van der Waals surface area contributed by atoms with E-state index in [0.717, 1.165) is 11.7 Å². The molecule has 0 saturated carbocycles. The lowest BCUT2D eigenvalue weighted by molar-refractivity contribution is -0.188. The summed E-state index contributed by atoms with van der Waals surface area (Å²) in [6.07, 6.45) is -0.366. The Hall–Kier alpha value is -1.33. The molecule has 2 bridgehead atoms. The van der Waals surface area contributed by atoms with E-state index in [1.807, 2.05) is 0 Å². The molecule has 3 rings (SSSR count). The fraction of sp³-hybridized carbons (Fsp3) is 0.667. The van der Waals surface area contributed by atoms with Gasteiger partial charge in [-0.25, -0.2) is 14.4 Å². The van der Waals surface area contributed by atoms with Crippen LogP contribution in [-0.4, -0.2) is 59.6 Å². The first-order chi connectivity index (χ1) is 11.3. The lowest BCUT2D eigenvalue weighted by Gasteiger charge is -2.31. The second-order valence-corrected chi connectivity index (χ2v) is 7.27. The van der Waals surface area contributed by atoms with Crippen molar-refractivity contribution in [1.82, 2.24) is 14.6 Å². The van der Waals surface area contributed by atoms with Crippen molar-refractivity contribution < 1.29 is 28.2 Å². The highest BCUT2D eigenvalue weighted by atomic mass is 31.2. The van der Waals surface area contributed by atoms with Gasteiger partial charge in [-0.05, 0) is 0 Å². The largest absolute Gasteiger partial charge is 0.403 e. The van der Waals surface area contributed by atoms with Crippen molar-refractivity contribution in [2.24, 2.45) is 0 Å². The van der Waals surface area contributed by atoms with Crippen LogP contribution in [0.5, 0.6) is 0 Å². The fourth-order valence-electron chi connectivity index (χ4n) is 3.06. The number of rotatable bonds is 6. The van der Waals surface area contributed by atoms with E-state index in [2.05, 4.69) is 14.6 Å². The van der Waals surface area contributed by atoms with Crippen molar-refractivity contribution in [3.05, 3.63) is 33.1 Å². The summed E-state index contributed by atoms with van der Waals surface area (Å²) in [6, 6.07) is 0.422. The van der Waals surface area contributed by atoms with Gasteiger partial charge in [0.05, 0.1) is 19.3 Å². The Morgan fingerprint density at radius 1 is 1.54 bits per heavy atom. The zero-order chi connectivity index (χ0) is 17.5. The average molecular weight is 363 g/mol. The Morgan fingerprint density at radius 2 is 2.29 bits per heavy atom. The quantitative estimate of drug-likeness (QED) is 0.518. The Balaban J connectivity index is 1.97. The van der Waals surface area contributed by atoms with E-state index in [0.29, 0.717) is 0 Å². The molecule has 1 aromatic heterocycles. The molecule has 2 fully saturated rings. The van der Waals surface area contributed by atoms with Gasteiger partial charge in [0, 0.05) is 26.5 Å². The maximum absolute atomic E-state index is 12.0.